The van der Waals surface area contributed by atoms with Gasteiger partial charge >= 0.3 is 0 Å². The second-order valence-corrected chi connectivity index (χ2v) is 6.79. The van der Waals surface area contributed by atoms with Gasteiger partial charge in [0.15, 0.2) is 5.96 Å². The lowest BCUT2D eigenvalue weighted by Crippen LogP contribution is -2.39. The van der Waals surface area contributed by atoms with E-state index in [2.05, 4.69) is 51.7 Å². The number of rotatable bonds is 7. The number of carbonyl (C=O) groups is 1. The predicted octanol–water partition coefficient (Wildman–Crippen LogP) is 3.50. The number of aryl methyl sites for hydroxylation is 1. The van der Waals surface area contributed by atoms with Crippen LogP contribution in [-0.2, 0) is 6.54 Å². The molecule has 0 fully saturated rings. The average Bonchev–Trinajstić information content (AvgIpc) is 3.14. The molecule has 26 heavy (non-hydrogen) atoms. The third kappa shape index (κ3) is 6.95. The molecule has 1 aromatic carbocycles. The van der Waals surface area contributed by atoms with Crippen LogP contribution in [0.15, 0.2) is 46.8 Å². The SMILES string of the molecule is CN=C(NCCCNC(=O)c1cccs1)N(C)Cc1ccccc1C.I. The second-order valence-electron chi connectivity index (χ2n) is 5.84. The molecule has 5 nitrogen and oxygen atoms in total. The number of guanidine groups is 1. The molecule has 0 aliphatic rings. The number of thiophene rings is 1. The molecule has 0 radical (unpaired) electrons. The van der Waals surface area contributed by atoms with Crippen molar-refractivity contribution < 1.29 is 4.79 Å². The van der Waals surface area contributed by atoms with Gasteiger partial charge in [-0.25, -0.2) is 0 Å². The van der Waals surface area contributed by atoms with Crippen molar-refractivity contribution in [3.8, 4) is 0 Å². The van der Waals surface area contributed by atoms with Crippen LogP contribution in [0, 0.1) is 6.92 Å². The number of nitrogens with one attached hydrogen (secondary N) is 2. The minimum absolute atomic E-state index is 0. The maximum atomic E-state index is 11.8. The molecule has 0 bridgehead atoms. The number of amides is 1. The summed E-state index contributed by atoms with van der Waals surface area (Å²) in [7, 11) is 3.82. The Morgan fingerprint density at radius 3 is 2.54 bits per heavy atom. The van der Waals surface area contributed by atoms with Crippen molar-refractivity contribution in [2.24, 2.45) is 4.99 Å². The number of carbonyl (C=O) groups excluding carboxylic acids is 1. The first-order chi connectivity index (χ1) is 12.1. The summed E-state index contributed by atoms with van der Waals surface area (Å²) in [5.74, 6) is 0.851. The Morgan fingerprint density at radius 1 is 1.15 bits per heavy atom. The zero-order valence-corrected chi connectivity index (χ0v) is 18.6. The molecule has 2 rings (SSSR count). The summed E-state index contributed by atoms with van der Waals surface area (Å²) in [6.45, 7) is 4.33. The number of aliphatic imine (C=N–C) groups is 1. The van der Waals surface area contributed by atoms with E-state index in [-0.39, 0.29) is 29.9 Å². The molecule has 0 aliphatic heterocycles. The lowest BCUT2D eigenvalue weighted by atomic mass is 10.1. The van der Waals surface area contributed by atoms with E-state index in [0.29, 0.717) is 6.54 Å². The van der Waals surface area contributed by atoms with Gasteiger partial charge in [0.05, 0.1) is 4.88 Å². The van der Waals surface area contributed by atoms with Crippen molar-refractivity contribution in [2.75, 3.05) is 27.2 Å². The van der Waals surface area contributed by atoms with Crippen LogP contribution >= 0.6 is 35.3 Å². The lowest BCUT2D eigenvalue weighted by Gasteiger charge is -2.23. The molecule has 1 aromatic heterocycles. The van der Waals surface area contributed by atoms with E-state index in [9.17, 15) is 4.79 Å². The van der Waals surface area contributed by atoms with Gasteiger partial charge in [0.1, 0.15) is 0 Å². The predicted molar refractivity (Wildman–Crippen MR) is 121 cm³/mol. The van der Waals surface area contributed by atoms with Gasteiger partial charge in [-0.05, 0) is 35.9 Å². The van der Waals surface area contributed by atoms with Gasteiger partial charge in [-0.15, -0.1) is 35.3 Å². The molecule has 0 saturated carbocycles. The van der Waals surface area contributed by atoms with E-state index in [1.165, 1.54) is 22.5 Å². The fraction of sp³-hybridized carbons (Fsp3) is 0.368. The first-order valence-corrected chi connectivity index (χ1v) is 9.27. The first kappa shape index (κ1) is 22.4. The zero-order chi connectivity index (χ0) is 18.1. The minimum Gasteiger partial charge on any atom is -0.356 e. The number of nitrogens with zero attached hydrogens (tertiary/aromatic N) is 2. The van der Waals surface area contributed by atoms with Gasteiger partial charge in [-0.2, -0.15) is 0 Å². The molecular formula is C19H27IN4OS. The largest absolute Gasteiger partial charge is 0.356 e. The van der Waals surface area contributed by atoms with Crippen molar-refractivity contribution >= 4 is 47.2 Å². The third-order valence-corrected chi connectivity index (χ3v) is 4.78. The molecule has 0 saturated heterocycles. The molecule has 0 unspecified atom stereocenters. The summed E-state index contributed by atoms with van der Waals surface area (Å²) < 4.78 is 0. The fourth-order valence-electron chi connectivity index (χ4n) is 2.49. The summed E-state index contributed by atoms with van der Waals surface area (Å²) in [6, 6.07) is 12.1. The van der Waals surface area contributed by atoms with Crippen LogP contribution in [0.3, 0.4) is 0 Å². The summed E-state index contributed by atoms with van der Waals surface area (Å²) in [5, 5.41) is 8.18. The molecule has 142 valence electrons. The maximum absolute atomic E-state index is 11.8. The Bertz CT molecular complexity index is 703. The zero-order valence-electron chi connectivity index (χ0n) is 15.5. The van der Waals surface area contributed by atoms with Crippen LogP contribution in [0.5, 0.6) is 0 Å². The third-order valence-electron chi connectivity index (χ3n) is 3.91. The van der Waals surface area contributed by atoms with Gasteiger partial charge in [0.25, 0.3) is 5.91 Å². The molecular weight excluding hydrogens is 459 g/mol. The van der Waals surface area contributed by atoms with Gasteiger partial charge < -0.3 is 15.5 Å². The molecule has 1 heterocycles. The van der Waals surface area contributed by atoms with Crippen molar-refractivity contribution in [2.45, 2.75) is 19.9 Å². The van der Waals surface area contributed by atoms with E-state index in [1.54, 1.807) is 7.05 Å². The van der Waals surface area contributed by atoms with Crippen molar-refractivity contribution in [3.05, 3.63) is 57.8 Å². The molecule has 0 aliphatic carbocycles. The van der Waals surface area contributed by atoms with Gasteiger partial charge in [0, 0.05) is 33.7 Å². The number of halogens is 1. The highest BCUT2D eigenvalue weighted by atomic mass is 127. The molecule has 2 aromatic rings. The standard InChI is InChI=1S/C19H26N4OS.HI/c1-15-8-4-5-9-16(15)14-23(3)19(20-2)22-12-7-11-21-18(24)17-10-6-13-25-17;/h4-6,8-10,13H,7,11-12,14H2,1-3H3,(H,20,22)(H,21,24);1H. The smallest absolute Gasteiger partial charge is 0.261 e. The van der Waals surface area contributed by atoms with Crippen molar-refractivity contribution in [1.82, 2.24) is 15.5 Å². The highest BCUT2D eigenvalue weighted by Crippen LogP contribution is 2.09. The Kier molecular flexibility index (Phi) is 10.3. The highest BCUT2D eigenvalue weighted by Gasteiger charge is 2.08. The fourth-order valence-corrected chi connectivity index (χ4v) is 3.13. The van der Waals surface area contributed by atoms with Crippen LogP contribution in [0.4, 0.5) is 0 Å². The number of benzene rings is 1. The molecule has 2 N–H and O–H groups in total. The van der Waals surface area contributed by atoms with Crippen LogP contribution in [0.1, 0.15) is 27.2 Å². The Labute approximate surface area is 176 Å². The highest BCUT2D eigenvalue weighted by molar-refractivity contribution is 14.0. The van der Waals surface area contributed by atoms with Crippen molar-refractivity contribution in [3.63, 3.8) is 0 Å². The molecule has 1 amide bonds. The molecule has 0 atom stereocenters. The summed E-state index contributed by atoms with van der Waals surface area (Å²) >= 11 is 1.46. The molecule has 7 heteroatoms. The van der Waals surface area contributed by atoms with Crippen molar-refractivity contribution in [1.29, 1.82) is 0 Å². The molecule has 0 spiro atoms. The average molecular weight is 486 g/mol. The van der Waals surface area contributed by atoms with E-state index < -0.39 is 0 Å². The second kappa shape index (κ2) is 11.9. The Hall–Kier alpha value is -1.61. The van der Waals surface area contributed by atoms with Crippen LogP contribution in [0.25, 0.3) is 0 Å². The minimum atomic E-state index is -0.00365. The quantitative estimate of drug-likeness (QED) is 0.273. The summed E-state index contributed by atoms with van der Waals surface area (Å²) in [6.07, 6.45) is 0.842. The van der Waals surface area contributed by atoms with Gasteiger partial charge in [-0.1, -0.05) is 30.3 Å². The van der Waals surface area contributed by atoms with E-state index >= 15 is 0 Å². The normalized spacial score (nSPS) is 10.8. The van der Waals surface area contributed by atoms with Crippen LogP contribution < -0.4 is 10.6 Å². The van der Waals surface area contributed by atoms with Gasteiger partial charge in [-0.3, -0.25) is 9.79 Å². The lowest BCUT2D eigenvalue weighted by molar-refractivity contribution is 0.0957. The maximum Gasteiger partial charge on any atom is 0.261 e. The van der Waals surface area contributed by atoms with Crippen LogP contribution in [-0.4, -0.2) is 44.0 Å². The number of hydrogen-bond acceptors (Lipinski definition) is 3. The monoisotopic (exact) mass is 486 g/mol. The van der Waals surface area contributed by atoms with Gasteiger partial charge in [0.2, 0.25) is 0 Å². The van der Waals surface area contributed by atoms with E-state index in [1.807, 2.05) is 24.6 Å². The topological polar surface area (TPSA) is 56.7 Å². The summed E-state index contributed by atoms with van der Waals surface area (Å²) in [4.78, 5) is 19.0. The Morgan fingerprint density at radius 2 is 1.88 bits per heavy atom. The van der Waals surface area contributed by atoms with E-state index in [0.717, 1.165) is 30.3 Å². The Balaban J connectivity index is 0.00000338. The van der Waals surface area contributed by atoms with E-state index in [4.69, 9.17) is 0 Å². The number of hydrogen-bond donors (Lipinski definition) is 2. The summed E-state index contributed by atoms with van der Waals surface area (Å²) in [5.41, 5.74) is 2.57. The first-order valence-electron chi connectivity index (χ1n) is 8.40. The van der Waals surface area contributed by atoms with Crippen LogP contribution in [0.2, 0.25) is 0 Å².